The van der Waals surface area contributed by atoms with Crippen molar-refractivity contribution in [3.05, 3.63) is 35.6 Å². The van der Waals surface area contributed by atoms with Crippen molar-refractivity contribution in [2.75, 3.05) is 24.5 Å². The lowest BCUT2D eigenvalue weighted by Crippen LogP contribution is -2.42. The van der Waals surface area contributed by atoms with Gasteiger partial charge in [-0.05, 0) is 26.7 Å². The number of piperidine rings is 1. The van der Waals surface area contributed by atoms with E-state index in [1.807, 2.05) is 24.9 Å². The van der Waals surface area contributed by atoms with Gasteiger partial charge in [-0.3, -0.25) is 9.78 Å². The predicted octanol–water partition coefficient (Wildman–Crippen LogP) is 2.10. The van der Waals surface area contributed by atoms with E-state index in [0.29, 0.717) is 13.0 Å². The minimum atomic E-state index is 0.0920. The van der Waals surface area contributed by atoms with E-state index in [1.54, 1.807) is 12.4 Å². The maximum Gasteiger partial charge on any atom is 0.223 e. The highest BCUT2D eigenvalue weighted by molar-refractivity contribution is 5.79. The van der Waals surface area contributed by atoms with E-state index in [9.17, 15) is 4.79 Å². The Morgan fingerprint density at radius 2 is 2.04 bits per heavy atom. The second-order valence-corrected chi connectivity index (χ2v) is 7.28. The molecule has 2 aromatic heterocycles. The lowest BCUT2D eigenvalue weighted by molar-refractivity contribution is -0.128. The van der Waals surface area contributed by atoms with Crippen molar-refractivity contribution in [2.24, 2.45) is 5.41 Å². The van der Waals surface area contributed by atoms with Crippen LogP contribution in [0.15, 0.2) is 23.1 Å². The van der Waals surface area contributed by atoms with Crippen LogP contribution in [-0.2, 0) is 11.3 Å². The third-order valence-electron chi connectivity index (χ3n) is 5.63. The van der Waals surface area contributed by atoms with E-state index in [4.69, 9.17) is 4.52 Å². The summed E-state index contributed by atoms with van der Waals surface area (Å²) in [6.07, 6.45) is 7.88. The Labute approximate surface area is 147 Å². The fourth-order valence-electron chi connectivity index (χ4n) is 4.04. The first kappa shape index (κ1) is 16.1. The summed E-state index contributed by atoms with van der Waals surface area (Å²) in [5, 5.41) is 4.00. The Morgan fingerprint density at radius 1 is 1.24 bits per heavy atom. The van der Waals surface area contributed by atoms with Crippen molar-refractivity contribution in [1.29, 1.82) is 0 Å². The van der Waals surface area contributed by atoms with E-state index in [0.717, 1.165) is 55.3 Å². The molecule has 2 fully saturated rings. The van der Waals surface area contributed by atoms with Gasteiger partial charge >= 0.3 is 0 Å². The molecule has 4 heterocycles. The molecule has 25 heavy (non-hydrogen) atoms. The first-order valence-corrected chi connectivity index (χ1v) is 8.77. The first-order valence-electron chi connectivity index (χ1n) is 8.77. The first-order chi connectivity index (χ1) is 12.1. The molecule has 4 rings (SSSR count). The summed E-state index contributed by atoms with van der Waals surface area (Å²) in [4.78, 5) is 25.4. The van der Waals surface area contributed by atoms with Crippen molar-refractivity contribution < 1.29 is 9.32 Å². The maximum absolute atomic E-state index is 12.6. The van der Waals surface area contributed by atoms with Crippen molar-refractivity contribution in [1.82, 2.24) is 20.0 Å². The summed E-state index contributed by atoms with van der Waals surface area (Å²) < 4.78 is 5.23. The average Bonchev–Trinajstić information content (AvgIpc) is 3.10. The number of likely N-dealkylation sites (tertiary alicyclic amines) is 1. The van der Waals surface area contributed by atoms with Crippen LogP contribution in [0.3, 0.4) is 0 Å². The molecule has 2 aliphatic rings. The maximum atomic E-state index is 12.6. The zero-order valence-electron chi connectivity index (χ0n) is 14.7. The van der Waals surface area contributed by atoms with Crippen LogP contribution in [0.5, 0.6) is 0 Å². The molecule has 0 saturated carbocycles. The van der Waals surface area contributed by atoms with Crippen LogP contribution in [-0.4, -0.2) is 45.6 Å². The molecule has 0 unspecified atom stereocenters. The largest absolute Gasteiger partial charge is 0.361 e. The Kier molecular flexibility index (Phi) is 3.94. The molecule has 0 atom stereocenters. The Balaban J connectivity index is 1.42. The minimum absolute atomic E-state index is 0.0920. The van der Waals surface area contributed by atoms with Gasteiger partial charge in [-0.15, -0.1) is 0 Å². The minimum Gasteiger partial charge on any atom is -0.361 e. The second kappa shape index (κ2) is 6.13. The molecule has 0 N–H and O–H groups in total. The van der Waals surface area contributed by atoms with Gasteiger partial charge in [-0.1, -0.05) is 5.16 Å². The van der Waals surface area contributed by atoms with Crippen molar-refractivity contribution >= 4 is 11.7 Å². The lowest BCUT2D eigenvalue weighted by Gasteiger charge is -2.39. The zero-order chi connectivity index (χ0) is 17.4. The zero-order valence-corrected chi connectivity index (χ0v) is 14.7. The van der Waals surface area contributed by atoms with Gasteiger partial charge in [0.2, 0.25) is 5.91 Å². The van der Waals surface area contributed by atoms with Gasteiger partial charge in [0.25, 0.3) is 0 Å². The van der Waals surface area contributed by atoms with E-state index in [2.05, 4.69) is 20.0 Å². The molecule has 7 heteroatoms. The van der Waals surface area contributed by atoms with Gasteiger partial charge in [-0.25, -0.2) is 4.98 Å². The molecule has 2 aromatic rings. The van der Waals surface area contributed by atoms with Crippen molar-refractivity contribution in [3.8, 4) is 0 Å². The molecule has 7 nitrogen and oxygen atoms in total. The average molecular weight is 341 g/mol. The molecule has 1 spiro atoms. The van der Waals surface area contributed by atoms with Crippen LogP contribution >= 0.6 is 0 Å². The van der Waals surface area contributed by atoms with Gasteiger partial charge < -0.3 is 14.3 Å². The molecule has 0 radical (unpaired) electrons. The number of amides is 1. The topological polar surface area (TPSA) is 75.4 Å². The van der Waals surface area contributed by atoms with Crippen molar-refractivity contribution in [3.63, 3.8) is 0 Å². The summed E-state index contributed by atoms with van der Waals surface area (Å²) in [7, 11) is 0. The molecule has 1 amide bonds. The number of rotatable bonds is 3. The lowest BCUT2D eigenvalue weighted by atomic mass is 9.77. The summed E-state index contributed by atoms with van der Waals surface area (Å²) in [5.74, 6) is 1.98. The highest BCUT2D eigenvalue weighted by Crippen LogP contribution is 2.42. The third-order valence-corrected chi connectivity index (χ3v) is 5.63. The molecule has 0 aromatic carbocycles. The van der Waals surface area contributed by atoms with Gasteiger partial charge in [0.05, 0.1) is 18.4 Å². The number of carbonyl (C=O) groups excluding carboxylic acids is 1. The van der Waals surface area contributed by atoms with E-state index in [-0.39, 0.29) is 11.3 Å². The van der Waals surface area contributed by atoms with Gasteiger partial charge in [-0.2, -0.15) is 0 Å². The molecular weight excluding hydrogens is 318 g/mol. The summed E-state index contributed by atoms with van der Waals surface area (Å²) in [5.41, 5.74) is 2.01. The molecule has 2 aliphatic heterocycles. The van der Waals surface area contributed by atoms with Crippen molar-refractivity contribution in [2.45, 2.75) is 39.7 Å². The highest BCUT2D eigenvalue weighted by Gasteiger charge is 2.45. The quantitative estimate of drug-likeness (QED) is 0.851. The van der Waals surface area contributed by atoms with Crippen LogP contribution in [0.25, 0.3) is 0 Å². The van der Waals surface area contributed by atoms with Gasteiger partial charge in [0.15, 0.2) is 0 Å². The van der Waals surface area contributed by atoms with Crippen LogP contribution in [0.1, 0.15) is 36.3 Å². The standard InChI is InChI=1S/C18H23N5O2/c1-13-15(14(2)25-21-13)11-23-12-18(9-17(23)24)3-7-22(8-4-18)16-10-19-5-6-20-16/h5-6,10H,3-4,7-9,11-12H2,1-2H3. The molecule has 0 bridgehead atoms. The fourth-order valence-corrected chi connectivity index (χ4v) is 4.04. The number of aromatic nitrogens is 3. The Hall–Kier alpha value is -2.44. The van der Waals surface area contributed by atoms with Crippen LogP contribution < -0.4 is 4.90 Å². The number of hydrogen-bond donors (Lipinski definition) is 0. The predicted molar refractivity (Wildman–Crippen MR) is 91.9 cm³/mol. The molecule has 0 aliphatic carbocycles. The summed E-state index contributed by atoms with van der Waals surface area (Å²) in [6.45, 7) is 7.11. The second-order valence-electron chi connectivity index (χ2n) is 7.28. The van der Waals surface area contributed by atoms with Crippen LogP contribution in [0.4, 0.5) is 5.82 Å². The highest BCUT2D eigenvalue weighted by atomic mass is 16.5. The van der Waals surface area contributed by atoms with E-state index in [1.165, 1.54) is 0 Å². The Morgan fingerprint density at radius 3 is 2.68 bits per heavy atom. The number of hydrogen-bond acceptors (Lipinski definition) is 6. The fraction of sp³-hybridized carbons (Fsp3) is 0.556. The smallest absolute Gasteiger partial charge is 0.223 e. The SMILES string of the molecule is Cc1noc(C)c1CN1CC2(CCN(c3cnccn3)CC2)CC1=O. The molecule has 2 saturated heterocycles. The molecule has 132 valence electrons. The third kappa shape index (κ3) is 2.99. The molecular formula is C18H23N5O2. The summed E-state index contributed by atoms with van der Waals surface area (Å²) in [6, 6.07) is 0. The van der Waals surface area contributed by atoms with Crippen LogP contribution in [0, 0.1) is 19.3 Å². The van der Waals surface area contributed by atoms with E-state index < -0.39 is 0 Å². The number of anilines is 1. The van der Waals surface area contributed by atoms with Gasteiger partial charge in [0.1, 0.15) is 11.6 Å². The normalized spacial score (nSPS) is 19.8. The number of carbonyl (C=O) groups is 1. The van der Waals surface area contributed by atoms with Gasteiger partial charge in [0, 0.05) is 49.4 Å². The summed E-state index contributed by atoms with van der Waals surface area (Å²) >= 11 is 0. The van der Waals surface area contributed by atoms with E-state index >= 15 is 0 Å². The number of aryl methyl sites for hydroxylation is 2. The number of nitrogens with zero attached hydrogens (tertiary/aromatic N) is 5. The monoisotopic (exact) mass is 341 g/mol. The Bertz CT molecular complexity index is 746. The van der Waals surface area contributed by atoms with Crippen LogP contribution in [0.2, 0.25) is 0 Å².